The quantitative estimate of drug-likeness (QED) is 0.674. The zero-order valence-electron chi connectivity index (χ0n) is 9.76. The minimum atomic E-state index is 0.489. The molecule has 0 aliphatic heterocycles. The second-order valence-corrected chi connectivity index (χ2v) is 4.83. The summed E-state index contributed by atoms with van der Waals surface area (Å²) in [7, 11) is 3.72. The van der Waals surface area contributed by atoms with Gasteiger partial charge in [0.1, 0.15) is 5.65 Å². The normalized spacial score (nSPS) is 12.1. The van der Waals surface area contributed by atoms with Crippen LogP contribution in [-0.4, -0.2) is 34.3 Å². The van der Waals surface area contributed by atoms with Gasteiger partial charge < -0.3 is 15.0 Å². The summed E-state index contributed by atoms with van der Waals surface area (Å²) in [6, 6.07) is 3.91. The second kappa shape index (κ2) is 4.75. The molecule has 2 heterocycles. The molecule has 0 saturated carbocycles. The van der Waals surface area contributed by atoms with Crippen molar-refractivity contribution in [3.05, 3.63) is 34.7 Å². The fourth-order valence-corrected chi connectivity index (χ4v) is 1.75. The van der Waals surface area contributed by atoms with E-state index in [9.17, 15) is 0 Å². The van der Waals surface area contributed by atoms with Gasteiger partial charge in [-0.1, -0.05) is 0 Å². The van der Waals surface area contributed by atoms with Crippen molar-refractivity contribution in [3.8, 4) is 0 Å². The van der Waals surface area contributed by atoms with Crippen LogP contribution >= 0.6 is 15.9 Å². The molecule has 0 radical (unpaired) electrons. The molecule has 2 aromatic rings. The smallest absolute Gasteiger partial charge is 0.191 e. The van der Waals surface area contributed by atoms with Gasteiger partial charge in [-0.25, -0.2) is 9.98 Å². The van der Waals surface area contributed by atoms with Crippen LogP contribution in [0.2, 0.25) is 0 Å². The first-order valence-corrected chi connectivity index (χ1v) is 5.96. The predicted octanol–water partition coefficient (Wildman–Crippen LogP) is 1.47. The van der Waals surface area contributed by atoms with E-state index in [-0.39, 0.29) is 0 Å². The monoisotopic (exact) mass is 295 g/mol. The maximum atomic E-state index is 5.72. The van der Waals surface area contributed by atoms with Crippen molar-refractivity contribution in [1.82, 2.24) is 14.3 Å². The highest BCUT2D eigenvalue weighted by atomic mass is 79.9. The van der Waals surface area contributed by atoms with Crippen LogP contribution in [0.4, 0.5) is 0 Å². The number of nitrogens with zero attached hydrogens (tertiary/aromatic N) is 4. The molecule has 17 heavy (non-hydrogen) atoms. The summed E-state index contributed by atoms with van der Waals surface area (Å²) in [6.07, 6.45) is 3.91. The fraction of sp³-hybridized carbons (Fsp3) is 0.273. The molecule has 2 N–H and O–H groups in total. The lowest BCUT2D eigenvalue weighted by Crippen LogP contribution is -2.30. The van der Waals surface area contributed by atoms with E-state index in [1.165, 1.54) is 0 Å². The number of nitrogens with two attached hydrogens (primary N) is 1. The van der Waals surface area contributed by atoms with Crippen LogP contribution in [0, 0.1) is 0 Å². The molecule has 0 saturated heterocycles. The van der Waals surface area contributed by atoms with Gasteiger partial charge in [0.15, 0.2) is 5.96 Å². The fourth-order valence-electron chi connectivity index (χ4n) is 1.40. The minimum absolute atomic E-state index is 0.489. The summed E-state index contributed by atoms with van der Waals surface area (Å²) in [5.74, 6) is 0.503. The molecular weight excluding hydrogens is 282 g/mol. The van der Waals surface area contributed by atoms with Gasteiger partial charge in [0, 0.05) is 31.0 Å². The Morgan fingerprint density at radius 1 is 1.47 bits per heavy atom. The van der Waals surface area contributed by atoms with Gasteiger partial charge in [-0.3, -0.25) is 0 Å². The van der Waals surface area contributed by atoms with E-state index in [2.05, 4.69) is 25.9 Å². The van der Waals surface area contributed by atoms with Crippen LogP contribution in [-0.2, 0) is 6.54 Å². The Bertz CT molecular complexity index is 558. The minimum Gasteiger partial charge on any atom is -0.370 e. The largest absolute Gasteiger partial charge is 0.370 e. The van der Waals surface area contributed by atoms with Crippen molar-refractivity contribution in [3.63, 3.8) is 0 Å². The summed E-state index contributed by atoms with van der Waals surface area (Å²) >= 11 is 3.42. The number of pyridine rings is 1. The highest BCUT2D eigenvalue weighted by Crippen LogP contribution is 2.12. The van der Waals surface area contributed by atoms with E-state index in [1.807, 2.05) is 43.0 Å². The Morgan fingerprint density at radius 3 is 2.94 bits per heavy atom. The number of guanidine groups is 1. The standard InChI is InChI=1S/C11H14BrN5/c1-16(2)11(13)14-5-9-7-17-6-8(12)3-4-10(17)15-9/h3-4,6-7H,5H2,1-2H3,(H2,13,14). The third-order valence-corrected chi connectivity index (χ3v) is 2.80. The van der Waals surface area contributed by atoms with Crippen LogP contribution in [0.15, 0.2) is 34.0 Å². The lowest BCUT2D eigenvalue weighted by Gasteiger charge is -2.09. The molecule has 6 heteroatoms. The highest BCUT2D eigenvalue weighted by Gasteiger charge is 2.02. The SMILES string of the molecule is CN(C)C(N)=NCc1cn2cc(Br)ccc2n1. The van der Waals surface area contributed by atoms with Gasteiger partial charge in [-0.15, -0.1) is 0 Å². The van der Waals surface area contributed by atoms with E-state index >= 15 is 0 Å². The second-order valence-electron chi connectivity index (χ2n) is 3.91. The Morgan fingerprint density at radius 2 is 2.24 bits per heavy atom. The number of imidazole rings is 1. The first-order chi connectivity index (χ1) is 8.06. The molecule has 0 amide bonds. The van der Waals surface area contributed by atoms with E-state index in [4.69, 9.17) is 5.73 Å². The molecule has 5 nitrogen and oxygen atoms in total. The van der Waals surface area contributed by atoms with Crippen LogP contribution in [0.3, 0.4) is 0 Å². The molecule has 90 valence electrons. The Balaban J connectivity index is 2.23. The topological polar surface area (TPSA) is 58.9 Å². The maximum absolute atomic E-state index is 5.72. The van der Waals surface area contributed by atoms with Gasteiger partial charge in [-0.05, 0) is 28.1 Å². The molecule has 0 spiro atoms. The third-order valence-electron chi connectivity index (χ3n) is 2.33. The van der Waals surface area contributed by atoms with Gasteiger partial charge in [0.2, 0.25) is 0 Å². The average Bonchev–Trinajstić information content (AvgIpc) is 2.67. The Kier molecular flexibility index (Phi) is 3.33. The first kappa shape index (κ1) is 11.9. The molecule has 2 rings (SSSR count). The number of halogens is 1. The maximum Gasteiger partial charge on any atom is 0.191 e. The number of rotatable bonds is 2. The van der Waals surface area contributed by atoms with Gasteiger partial charge in [-0.2, -0.15) is 0 Å². The predicted molar refractivity (Wildman–Crippen MR) is 71.9 cm³/mol. The van der Waals surface area contributed by atoms with Crippen molar-refractivity contribution >= 4 is 27.5 Å². The van der Waals surface area contributed by atoms with Crippen LogP contribution in [0.1, 0.15) is 5.69 Å². The number of aliphatic imine (C=N–C) groups is 1. The van der Waals surface area contributed by atoms with E-state index in [1.54, 1.807) is 4.90 Å². The molecule has 2 aromatic heterocycles. The molecule has 0 bridgehead atoms. The lowest BCUT2D eigenvalue weighted by molar-refractivity contribution is 0.609. The van der Waals surface area contributed by atoms with Crippen LogP contribution in [0.25, 0.3) is 5.65 Å². The summed E-state index contributed by atoms with van der Waals surface area (Å²) in [4.78, 5) is 10.5. The summed E-state index contributed by atoms with van der Waals surface area (Å²) in [5.41, 5.74) is 7.52. The van der Waals surface area contributed by atoms with Gasteiger partial charge in [0.25, 0.3) is 0 Å². The van der Waals surface area contributed by atoms with Crippen LogP contribution < -0.4 is 5.73 Å². The number of hydrogen-bond acceptors (Lipinski definition) is 2. The summed E-state index contributed by atoms with van der Waals surface area (Å²) in [5, 5.41) is 0. The first-order valence-electron chi connectivity index (χ1n) is 5.16. The van der Waals surface area contributed by atoms with Crippen LogP contribution in [0.5, 0.6) is 0 Å². The summed E-state index contributed by atoms with van der Waals surface area (Å²) < 4.78 is 2.98. The molecular formula is C11H14BrN5. The number of hydrogen-bond donors (Lipinski definition) is 1. The molecule has 0 unspecified atom stereocenters. The number of fused-ring (bicyclic) bond motifs is 1. The van der Waals surface area contributed by atoms with Crippen molar-refractivity contribution in [2.75, 3.05) is 14.1 Å². The molecule has 0 fully saturated rings. The molecule has 0 aliphatic carbocycles. The third kappa shape index (κ3) is 2.76. The average molecular weight is 296 g/mol. The van der Waals surface area contributed by atoms with Gasteiger partial charge in [0.05, 0.1) is 12.2 Å². The van der Waals surface area contributed by atoms with Gasteiger partial charge >= 0.3 is 0 Å². The van der Waals surface area contributed by atoms with Crippen molar-refractivity contribution in [2.45, 2.75) is 6.54 Å². The number of aromatic nitrogens is 2. The van der Waals surface area contributed by atoms with E-state index < -0.39 is 0 Å². The Hall–Kier alpha value is -1.56. The molecule has 0 aromatic carbocycles. The molecule has 0 atom stereocenters. The van der Waals surface area contributed by atoms with E-state index in [0.717, 1.165) is 15.8 Å². The zero-order chi connectivity index (χ0) is 12.4. The Labute approximate surface area is 108 Å². The van der Waals surface area contributed by atoms with E-state index in [0.29, 0.717) is 12.5 Å². The summed E-state index contributed by atoms with van der Waals surface area (Å²) in [6.45, 7) is 0.489. The lowest BCUT2D eigenvalue weighted by atomic mass is 10.5. The molecule has 0 aliphatic rings. The van der Waals surface area contributed by atoms with Crippen molar-refractivity contribution in [2.24, 2.45) is 10.7 Å². The van der Waals surface area contributed by atoms with Crippen molar-refractivity contribution in [1.29, 1.82) is 0 Å². The zero-order valence-corrected chi connectivity index (χ0v) is 11.3. The highest BCUT2D eigenvalue weighted by molar-refractivity contribution is 9.10. The van der Waals surface area contributed by atoms with Crippen molar-refractivity contribution < 1.29 is 0 Å².